The topological polar surface area (TPSA) is 78.9 Å². The van der Waals surface area contributed by atoms with E-state index in [2.05, 4.69) is 45.1 Å². The van der Waals surface area contributed by atoms with Gasteiger partial charge in [-0.05, 0) is 51.4 Å². The summed E-state index contributed by atoms with van der Waals surface area (Å²) < 4.78 is 17.0. The molecule has 0 aliphatic rings. The Kier molecular flexibility index (Phi) is 66.6. The van der Waals surface area contributed by atoms with Crippen molar-refractivity contribution in [2.24, 2.45) is 0 Å². The highest BCUT2D eigenvalue weighted by molar-refractivity contribution is 5.71. The smallest absolute Gasteiger partial charge is 0.306 e. The molecule has 6 nitrogen and oxygen atoms in total. The second kappa shape index (κ2) is 68.4. The molecule has 0 bridgehead atoms. The molecule has 0 rings (SSSR count). The van der Waals surface area contributed by atoms with E-state index in [1.54, 1.807) is 0 Å². The third kappa shape index (κ3) is 66.6. The maximum Gasteiger partial charge on any atom is 0.306 e. The average molecular weight is 1110 g/mol. The lowest BCUT2D eigenvalue weighted by molar-refractivity contribution is -0.167. The second-order valence-electron chi connectivity index (χ2n) is 24.5. The molecule has 0 spiro atoms. The van der Waals surface area contributed by atoms with Crippen LogP contribution in [0.5, 0.6) is 0 Å². The van der Waals surface area contributed by atoms with E-state index in [1.807, 2.05) is 0 Å². The van der Waals surface area contributed by atoms with Crippen LogP contribution in [0.15, 0.2) is 24.3 Å². The number of hydrogen-bond donors (Lipinski definition) is 0. The molecule has 0 heterocycles. The van der Waals surface area contributed by atoms with Gasteiger partial charge in [-0.3, -0.25) is 14.4 Å². The van der Waals surface area contributed by atoms with Gasteiger partial charge >= 0.3 is 17.9 Å². The van der Waals surface area contributed by atoms with E-state index in [-0.39, 0.29) is 31.1 Å². The van der Waals surface area contributed by atoms with E-state index in [0.717, 1.165) is 64.2 Å². The number of rotatable bonds is 67. The summed E-state index contributed by atoms with van der Waals surface area (Å²) in [6.07, 6.45) is 83.7. The summed E-state index contributed by atoms with van der Waals surface area (Å²) in [6, 6.07) is 0. The highest BCUT2D eigenvalue weighted by atomic mass is 16.6. The lowest BCUT2D eigenvalue weighted by atomic mass is 10.0. The Balaban J connectivity index is 4.13. The molecule has 0 aliphatic carbocycles. The van der Waals surface area contributed by atoms with Crippen LogP contribution < -0.4 is 0 Å². The lowest BCUT2D eigenvalue weighted by Gasteiger charge is -2.18. The minimum absolute atomic E-state index is 0.0667. The SMILES string of the molecule is CCCCCCC/C=C\C/C=C\CCCCCCCCCCCC(=O)OC(COC(=O)CCCCCCCCCCCCC)COC(=O)CCCCCCCCCCCCCCCCCCCCCCCCCCCCCCC. The number of hydrogen-bond acceptors (Lipinski definition) is 6. The molecule has 0 fully saturated rings. The van der Waals surface area contributed by atoms with Crippen molar-refractivity contribution >= 4 is 17.9 Å². The molecule has 79 heavy (non-hydrogen) atoms. The standard InChI is InChI=1S/C73H138O6/c1-4-7-10-13-16-19-22-24-26-28-30-32-33-34-35-36-37-38-39-41-42-44-46-48-51-54-57-60-63-66-72(75)78-69-70(68-77-71(74)65-62-59-56-53-50-21-18-15-12-9-6-3)79-73(76)67-64-61-58-55-52-49-47-45-43-40-31-29-27-25-23-20-17-14-11-8-5-2/h23,25,29,31,70H,4-22,24,26-28,30,32-69H2,1-3H3/b25-23-,31-29-. The van der Waals surface area contributed by atoms with Crippen LogP contribution in [0.3, 0.4) is 0 Å². The quantitative estimate of drug-likeness (QED) is 0.0261. The third-order valence-electron chi connectivity index (χ3n) is 16.5. The van der Waals surface area contributed by atoms with E-state index >= 15 is 0 Å². The number of ether oxygens (including phenoxy) is 3. The van der Waals surface area contributed by atoms with Gasteiger partial charge in [-0.2, -0.15) is 0 Å². The van der Waals surface area contributed by atoms with Crippen LogP contribution in [0.25, 0.3) is 0 Å². The zero-order chi connectivity index (χ0) is 57.1. The highest BCUT2D eigenvalue weighted by Gasteiger charge is 2.19. The van der Waals surface area contributed by atoms with Gasteiger partial charge in [-0.25, -0.2) is 0 Å². The molecule has 0 aromatic carbocycles. The first-order valence-corrected chi connectivity index (χ1v) is 35.8. The highest BCUT2D eigenvalue weighted by Crippen LogP contribution is 2.19. The van der Waals surface area contributed by atoms with Crippen LogP contribution in [0.4, 0.5) is 0 Å². The Morgan fingerprint density at radius 1 is 0.253 bits per heavy atom. The van der Waals surface area contributed by atoms with E-state index in [4.69, 9.17) is 14.2 Å². The zero-order valence-corrected chi connectivity index (χ0v) is 53.7. The summed E-state index contributed by atoms with van der Waals surface area (Å²) >= 11 is 0. The number of allylic oxidation sites excluding steroid dienone is 4. The molecular formula is C73H138O6. The van der Waals surface area contributed by atoms with Crippen LogP contribution in [0.1, 0.15) is 406 Å². The molecule has 0 amide bonds. The Hall–Kier alpha value is -2.11. The van der Waals surface area contributed by atoms with Crippen LogP contribution in [-0.4, -0.2) is 37.2 Å². The van der Waals surface area contributed by atoms with E-state index in [9.17, 15) is 14.4 Å². The van der Waals surface area contributed by atoms with Gasteiger partial charge in [-0.15, -0.1) is 0 Å². The van der Waals surface area contributed by atoms with Crippen molar-refractivity contribution in [1.82, 2.24) is 0 Å². The molecular weight excluding hydrogens is 973 g/mol. The number of carbonyl (C=O) groups excluding carboxylic acids is 3. The molecule has 0 N–H and O–H groups in total. The Morgan fingerprint density at radius 3 is 0.696 bits per heavy atom. The third-order valence-corrected chi connectivity index (χ3v) is 16.5. The predicted octanol–water partition coefficient (Wildman–Crippen LogP) is 24.6. The molecule has 0 saturated heterocycles. The summed E-state index contributed by atoms with van der Waals surface area (Å²) in [6.45, 7) is 6.70. The summed E-state index contributed by atoms with van der Waals surface area (Å²) in [5, 5.41) is 0. The molecule has 0 radical (unpaired) electrons. The Bertz CT molecular complexity index is 1270. The summed E-state index contributed by atoms with van der Waals surface area (Å²) in [5.41, 5.74) is 0. The van der Waals surface area contributed by atoms with Gasteiger partial charge in [0.15, 0.2) is 6.10 Å². The van der Waals surface area contributed by atoms with E-state index in [0.29, 0.717) is 19.3 Å². The van der Waals surface area contributed by atoms with Crippen LogP contribution >= 0.6 is 0 Å². The van der Waals surface area contributed by atoms with Crippen LogP contribution in [0, 0.1) is 0 Å². The number of unbranched alkanes of at least 4 members (excludes halogenated alkanes) is 52. The number of carbonyl (C=O) groups is 3. The van der Waals surface area contributed by atoms with Crippen molar-refractivity contribution in [3.8, 4) is 0 Å². The maximum atomic E-state index is 12.9. The van der Waals surface area contributed by atoms with Crippen molar-refractivity contribution < 1.29 is 28.6 Å². The van der Waals surface area contributed by atoms with Gasteiger partial charge in [0.05, 0.1) is 0 Å². The van der Waals surface area contributed by atoms with E-state index < -0.39 is 6.10 Å². The van der Waals surface area contributed by atoms with Crippen molar-refractivity contribution in [1.29, 1.82) is 0 Å². The maximum absolute atomic E-state index is 12.9. The van der Waals surface area contributed by atoms with Gasteiger partial charge in [0, 0.05) is 19.3 Å². The molecule has 0 aliphatic heterocycles. The molecule has 1 unspecified atom stereocenters. The molecule has 6 heteroatoms. The Morgan fingerprint density at radius 2 is 0.456 bits per heavy atom. The van der Waals surface area contributed by atoms with Gasteiger partial charge in [0.2, 0.25) is 0 Å². The van der Waals surface area contributed by atoms with Crippen LogP contribution in [-0.2, 0) is 28.6 Å². The lowest BCUT2D eigenvalue weighted by Crippen LogP contribution is -2.30. The van der Waals surface area contributed by atoms with Gasteiger partial charge in [0.25, 0.3) is 0 Å². The fourth-order valence-corrected chi connectivity index (χ4v) is 11.1. The first-order valence-electron chi connectivity index (χ1n) is 35.8. The first-order chi connectivity index (χ1) is 39.0. The first kappa shape index (κ1) is 76.9. The van der Waals surface area contributed by atoms with Gasteiger partial charge in [-0.1, -0.05) is 360 Å². The van der Waals surface area contributed by atoms with Crippen molar-refractivity contribution in [3.05, 3.63) is 24.3 Å². The predicted molar refractivity (Wildman–Crippen MR) is 344 cm³/mol. The van der Waals surface area contributed by atoms with Crippen molar-refractivity contribution in [3.63, 3.8) is 0 Å². The number of esters is 3. The van der Waals surface area contributed by atoms with Gasteiger partial charge in [0.1, 0.15) is 13.2 Å². The minimum Gasteiger partial charge on any atom is -0.462 e. The van der Waals surface area contributed by atoms with Crippen molar-refractivity contribution in [2.45, 2.75) is 412 Å². The normalized spacial score (nSPS) is 12.1. The molecule has 0 saturated carbocycles. The second-order valence-corrected chi connectivity index (χ2v) is 24.5. The molecule has 0 aromatic heterocycles. The van der Waals surface area contributed by atoms with E-state index in [1.165, 1.54) is 302 Å². The Labute approximate surface area is 493 Å². The summed E-state index contributed by atoms with van der Waals surface area (Å²) in [7, 11) is 0. The fraction of sp³-hybridized carbons (Fsp3) is 0.904. The van der Waals surface area contributed by atoms with Crippen molar-refractivity contribution in [2.75, 3.05) is 13.2 Å². The summed E-state index contributed by atoms with van der Waals surface area (Å²) in [5.74, 6) is -0.841. The molecule has 466 valence electrons. The average Bonchev–Trinajstić information content (AvgIpc) is 3.45. The largest absolute Gasteiger partial charge is 0.462 e. The van der Waals surface area contributed by atoms with Crippen LogP contribution in [0.2, 0.25) is 0 Å². The zero-order valence-electron chi connectivity index (χ0n) is 53.7. The van der Waals surface area contributed by atoms with Gasteiger partial charge < -0.3 is 14.2 Å². The molecule has 1 atom stereocenters. The molecule has 0 aromatic rings. The minimum atomic E-state index is -0.770. The summed E-state index contributed by atoms with van der Waals surface area (Å²) in [4.78, 5) is 38.4. The fourth-order valence-electron chi connectivity index (χ4n) is 11.1. The monoisotopic (exact) mass is 1110 g/mol.